The SMILES string of the molecule is COc1c(C[C@H](NC(=O)C2CN(C(=O)OC(C)(C)C)CCN2)B2OC3CC4CC(C4(C)C)C3(C)O2)cccc1C(=O)OC(C)(C)C. The van der Waals surface area contributed by atoms with Crippen LogP contribution in [0.1, 0.15) is 91.1 Å². The minimum Gasteiger partial charge on any atom is -0.496 e. The number of esters is 1. The summed E-state index contributed by atoms with van der Waals surface area (Å²) in [5.74, 6) is -0.0873. The van der Waals surface area contributed by atoms with Crippen molar-refractivity contribution < 1.29 is 37.9 Å². The van der Waals surface area contributed by atoms with Gasteiger partial charge in [-0.05, 0) is 96.6 Å². The number of carbonyl (C=O) groups excluding carboxylic acids is 3. The second kappa shape index (κ2) is 12.3. The van der Waals surface area contributed by atoms with Crippen LogP contribution in [0.15, 0.2) is 18.2 Å². The lowest BCUT2D eigenvalue weighted by Crippen LogP contribution is -2.65. The zero-order valence-electron chi connectivity index (χ0n) is 29.2. The number of amides is 2. The number of nitrogens with zero attached hydrogens (tertiary/aromatic N) is 1. The molecule has 5 fully saturated rings. The van der Waals surface area contributed by atoms with Crippen molar-refractivity contribution in [2.75, 3.05) is 26.7 Å². The number of para-hydroxylation sites is 1. The third kappa shape index (κ3) is 6.90. The van der Waals surface area contributed by atoms with Gasteiger partial charge in [0.05, 0.1) is 24.8 Å². The Balaban J connectivity index is 1.40. The second-order valence-electron chi connectivity index (χ2n) is 16.1. The van der Waals surface area contributed by atoms with Gasteiger partial charge in [0.2, 0.25) is 5.91 Å². The molecule has 1 aromatic rings. The Kier molecular flexibility index (Phi) is 9.24. The highest BCUT2D eigenvalue weighted by Crippen LogP contribution is 2.65. The lowest BCUT2D eigenvalue weighted by molar-refractivity contribution is -0.199. The molecule has 6 rings (SSSR count). The zero-order chi connectivity index (χ0) is 33.8. The van der Waals surface area contributed by atoms with E-state index in [9.17, 15) is 14.4 Å². The monoisotopic (exact) mass is 641 g/mol. The Bertz CT molecular complexity index is 1340. The number of benzene rings is 1. The summed E-state index contributed by atoms with van der Waals surface area (Å²) < 4.78 is 30.5. The van der Waals surface area contributed by atoms with E-state index < -0.39 is 48.0 Å². The maximum absolute atomic E-state index is 13.9. The Morgan fingerprint density at radius 3 is 2.41 bits per heavy atom. The average molecular weight is 642 g/mol. The highest BCUT2D eigenvalue weighted by molar-refractivity contribution is 6.48. The predicted molar refractivity (Wildman–Crippen MR) is 174 cm³/mol. The largest absolute Gasteiger partial charge is 0.496 e. The number of hydrogen-bond donors (Lipinski definition) is 2. The minimum atomic E-state index is -0.727. The quantitative estimate of drug-likeness (QED) is 0.334. The molecule has 46 heavy (non-hydrogen) atoms. The molecule has 254 valence electrons. The van der Waals surface area contributed by atoms with Crippen molar-refractivity contribution in [3.63, 3.8) is 0 Å². The van der Waals surface area contributed by atoms with Crippen LogP contribution in [0.2, 0.25) is 0 Å². The molecule has 2 saturated heterocycles. The van der Waals surface area contributed by atoms with E-state index in [2.05, 4.69) is 31.4 Å². The molecule has 2 heterocycles. The molecule has 0 spiro atoms. The molecule has 12 heteroatoms. The molecule has 2 bridgehead atoms. The molecule has 5 aliphatic rings. The van der Waals surface area contributed by atoms with Crippen LogP contribution in [0.5, 0.6) is 5.75 Å². The minimum absolute atomic E-state index is 0.0841. The van der Waals surface area contributed by atoms with Crippen LogP contribution in [-0.4, -0.2) is 91.6 Å². The molecule has 3 aliphatic carbocycles. The summed E-state index contributed by atoms with van der Waals surface area (Å²) in [5.41, 5.74) is -0.634. The van der Waals surface area contributed by atoms with Crippen molar-refractivity contribution in [2.45, 2.75) is 116 Å². The summed E-state index contributed by atoms with van der Waals surface area (Å²) >= 11 is 0. The standard InChI is InChI=1S/C34H52BN3O8/c1-31(2,3)43-29(40)22-13-11-12-20(27(22)42-10)16-26(35-45-25-18-21-17-24(33(21,7)8)34(25,9)46-35)37-28(39)23-19-38(15-14-36-23)30(41)44-32(4,5)6/h11-13,21,23-26,36H,14-19H2,1-10H3,(H,37,39)/t21?,23?,24?,25?,26-,34?/m0/s1. The Labute approximate surface area is 273 Å². The summed E-state index contributed by atoms with van der Waals surface area (Å²) in [6.45, 7) is 18.7. The van der Waals surface area contributed by atoms with Gasteiger partial charge in [0.15, 0.2) is 0 Å². The van der Waals surface area contributed by atoms with Gasteiger partial charge in [-0.25, -0.2) is 9.59 Å². The van der Waals surface area contributed by atoms with Gasteiger partial charge >= 0.3 is 19.2 Å². The fourth-order valence-corrected chi connectivity index (χ4v) is 7.70. The molecule has 2 amide bonds. The van der Waals surface area contributed by atoms with Crippen molar-refractivity contribution in [1.82, 2.24) is 15.5 Å². The van der Waals surface area contributed by atoms with Crippen LogP contribution in [0.3, 0.4) is 0 Å². The maximum Gasteiger partial charge on any atom is 0.482 e. The zero-order valence-corrected chi connectivity index (χ0v) is 29.2. The number of methoxy groups -OCH3 is 1. The predicted octanol–water partition coefficient (Wildman–Crippen LogP) is 4.15. The fraction of sp³-hybridized carbons (Fsp3) is 0.735. The summed E-state index contributed by atoms with van der Waals surface area (Å²) in [4.78, 5) is 41.4. The molecule has 1 aromatic carbocycles. The Hall–Kier alpha value is -2.83. The molecule has 0 aromatic heterocycles. The maximum atomic E-state index is 13.9. The summed E-state index contributed by atoms with van der Waals surface area (Å²) in [5, 5.41) is 6.44. The van der Waals surface area contributed by atoms with Crippen LogP contribution in [0, 0.1) is 17.3 Å². The molecular weight excluding hydrogens is 589 g/mol. The molecule has 5 unspecified atom stereocenters. The van der Waals surface area contributed by atoms with Crippen molar-refractivity contribution >= 4 is 25.1 Å². The van der Waals surface area contributed by atoms with Gasteiger partial charge in [-0.15, -0.1) is 0 Å². The topological polar surface area (TPSA) is 125 Å². The highest BCUT2D eigenvalue weighted by atomic mass is 16.7. The molecule has 11 nitrogen and oxygen atoms in total. The first-order valence-electron chi connectivity index (χ1n) is 16.6. The smallest absolute Gasteiger partial charge is 0.482 e. The number of ether oxygens (including phenoxy) is 3. The molecule has 6 atom stereocenters. The average Bonchev–Trinajstić information content (AvgIpc) is 3.32. The van der Waals surface area contributed by atoms with Gasteiger partial charge < -0.3 is 39.1 Å². The first kappa shape index (κ1) is 34.5. The van der Waals surface area contributed by atoms with Crippen LogP contribution in [-0.2, 0) is 30.0 Å². The van der Waals surface area contributed by atoms with Crippen molar-refractivity contribution in [3.8, 4) is 5.75 Å². The number of hydrogen-bond acceptors (Lipinski definition) is 9. The number of rotatable bonds is 7. The van der Waals surface area contributed by atoms with Crippen LogP contribution < -0.4 is 15.4 Å². The first-order chi connectivity index (χ1) is 21.3. The number of nitrogens with one attached hydrogen (secondary N) is 2. The summed E-state index contributed by atoms with van der Waals surface area (Å²) in [6.07, 6.45) is 1.75. The van der Waals surface area contributed by atoms with E-state index in [-0.39, 0.29) is 30.4 Å². The third-order valence-electron chi connectivity index (χ3n) is 10.1. The fourth-order valence-electron chi connectivity index (χ4n) is 7.70. The number of carbonyl (C=O) groups is 3. The Morgan fingerprint density at radius 2 is 1.78 bits per heavy atom. The molecular formula is C34H52BN3O8. The van der Waals surface area contributed by atoms with Crippen LogP contribution in [0.4, 0.5) is 4.79 Å². The Morgan fingerprint density at radius 1 is 1.09 bits per heavy atom. The number of piperazine rings is 1. The van der Waals surface area contributed by atoms with E-state index >= 15 is 0 Å². The lowest BCUT2D eigenvalue weighted by atomic mass is 9.43. The summed E-state index contributed by atoms with van der Waals surface area (Å²) in [6, 6.07) is 4.67. The van der Waals surface area contributed by atoms with Gasteiger partial charge in [0, 0.05) is 19.6 Å². The van der Waals surface area contributed by atoms with Gasteiger partial charge in [0.1, 0.15) is 28.6 Å². The van der Waals surface area contributed by atoms with E-state index in [1.807, 2.05) is 47.6 Å². The van der Waals surface area contributed by atoms with Gasteiger partial charge in [-0.2, -0.15) is 0 Å². The molecule has 2 N–H and O–H groups in total. The van der Waals surface area contributed by atoms with Crippen molar-refractivity contribution in [2.24, 2.45) is 17.3 Å². The van der Waals surface area contributed by atoms with Gasteiger partial charge in [-0.3, -0.25) is 4.79 Å². The van der Waals surface area contributed by atoms with E-state index in [4.69, 9.17) is 23.5 Å². The first-order valence-corrected chi connectivity index (χ1v) is 16.6. The van der Waals surface area contributed by atoms with Gasteiger partial charge in [0.25, 0.3) is 0 Å². The second-order valence-corrected chi connectivity index (χ2v) is 16.1. The van der Waals surface area contributed by atoms with E-state index in [1.165, 1.54) is 7.11 Å². The molecule has 2 aliphatic heterocycles. The van der Waals surface area contributed by atoms with Crippen LogP contribution >= 0.6 is 0 Å². The third-order valence-corrected chi connectivity index (χ3v) is 10.1. The van der Waals surface area contributed by atoms with E-state index in [0.717, 1.165) is 12.8 Å². The van der Waals surface area contributed by atoms with E-state index in [1.54, 1.807) is 17.0 Å². The molecule has 3 saturated carbocycles. The normalized spacial score (nSPS) is 29.3. The van der Waals surface area contributed by atoms with Crippen molar-refractivity contribution in [1.29, 1.82) is 0 Å². The summed E-state index contributed by atoms with van der Waals surface area (Å²) in [7, 11) is 0.792. The van der Waals surface area contributed by atoms with Crippen molar-refractivity contribution in [3.05, 3.63) is 29.3 Å². The lowest BCUT2D eigenvalue weighted by Gasteiger charge is -2.64. The van der Waals surface area contributed by atoms with E-state index in [0.29, 0.717) is 41.8 Å². The molecule has 0 radical (unpaired) electrons. The van der Waals surface area contributed by atoms with Crippen LogP contribution in [0.25, 0.3) is 0 Å². The van der Waals surface area contributed by atoms with Gasteiger partial charge in [-0.1, -0.05) is 26.0 Å². The highest BCUT2D eigenvalue weighted by Gasteiger charge is 2.68.